The lowest BCUT2D eigenvalue weighted by atomic mass is 9.90. The van der Waals surface area contributed by atoms with E-state index in [1.165, 1.54) is 12.8 Å². The van der Waals surface area contributed by atoms with E-state index in [-0.39, 0.29) is 5.54 Å². The number of hydrogen-bond acceptors (Lipinski definition) is 2. The van der Waals surface area contributed by atoms with Crippen LogP contribution in [0.15, 0.2) is 0 Å². The van der Waals surface area contributed by atoms with Crippen LogP contribution in [0, 0.1) is 17.8 Å². The molecule has 2 heteroatoms. The minimum absolute atomic E-state index is 0.122. The smallest absolute Gasteiger partial charge is 0.109 e. The molecule has 59 valence electrons. The first-order valence-corrected chi connectivity index (χ1v) is 4.24. The van der Waals surface area contributed by atoms with E-state index in [0.29, 0.717) is 6.04 Å². The Morgan fingerprint density at radius 3 is 3.18 bits per heavy atom. The lowest BCUT2D eigenvalue weighted by molar-refractivity contribution is 0.153. The Hall–Kier alpha value is -0.550. The van der Waals surface area contributed by atoms with Crippen LogP contribution in [0.3, 0.4) is 0 Å². The SMILES string of the molecule is CN1C2C[CH]CC1(C#N)CC2. The van der Waals surface area contributed by atoms with Gasteiger partial charge in [-0.15, -0.1) is 0 Å². The monoisotopic (exact) mass is 149 g/mol. The molecule has 2 bridgehead atoms. The minimum atomic E-state index is -0.122. The molecular formula is C9H13N2. The summed E-state index contributed by atoms with van der Waals surface area (Å²) in [7, 11) is 2.09. The third kappa shape index (κ3) is 0.810. The lowest BCUT2D eigenvalue weighted by Gasteiger charge is -2.36. The maximum Gasteiger partial charge on any atom is 0.109 e. The van der Waals surface area contributed by atoms with Gasteiger partial charge in [-0.2, -0.15) is 5.26 Å². The first-order chi connectivity index (χ1) is 5.28. The number of fused-ring (bicyclic) bond motifs is 2. The van der Waals surface area contributed by atoms with Gasteiger partial charge in [-0.3, -0.25) is 4.90 Å². The van der Waals surface area contributed by atoms with Crippen LogP contribution >= 0.6 is 0 Å². The van der Waals surface area contributed by atoms with Crippen molar-refractivity contribution in [3.05, 3.63) is 6.42 Å². The molecule has 2 fully saturated rings. The molecule has 2 heterocycles. The van der Waals surface area contributed by atoms with Gasteiger partial charge in [0.1, 0.15) is 5.54 Å². The number of rotatable bonds is 0. The Kier molecular flexibility index (Phi) is 1.43. The maximum atomic E-state index is 9.03. The highest BCUT2D eigenvalue weighted by atomic mass is 15.2. The highest BCUT2D eigenvalue weighted by molar-refractivity contribution is 5.18. The topological polar surface area (TPSA) is 27.0 Å². The molecule has 2 unspecified atom stereocenters. The van der Waals surface area contributed by atoms with E-state index in [9.17, 15) is 0 Å². The highest BCUT2D eigenvalue weighted by Gasteiger charge is 2.46. The summed E-state index contributed by atoms with van der Waals surface area (Å²) >= 11 is 0. The molecule has 0 N–H and O–H groups in total. The van der Waals surface area contributed by atoms with Crippen molar-refractivity contribution in [2.24, 2.45) is 0 Å². The molecule has 2 saturated heterocycles. The van der Waals surface area contributed by atoms with Gasteiger partial charge in [0.05, 0.1) is 6.07 Å². The summed E-state index contributed by atoms with van der Waals surface area (Å²) in [6, 6.07) is 3.11. The molecule has 2 aliphatic heterocycles. The van der Waals surface area contributed by atoms with Crippen LogP contribution < -0.4 is 0 Å². The van der Waals surface area contributed by atoms with Gasteiger partial charge in [0, 0.05) is 6.04 Å². The fraction of sp³-hybridized carbons (Fsp3) is 0.778. The quantitative estimate of drug-likeness (QED) is 0.519. The third-order valence-electron chi connectivity index (χ3n) is 3.24. The molecule has 0 aromatic rings. The molecule has 2 nitrogen and oxygen atoms in total. The zero-order valence-corrected chi connectivity index (χ0v) is 6.88. The first kappa shape index (κ1) is 7.12. The number of nitrogens with zero attached hydrogens (tertiary/aromatic N) is 2. The lowest BCUT2D eigenvalue weighted by Crippen LogP contribution is -2.46. The second-order valence-corrected chi connectivity index (χ2v) is 3.68. The van der Waals surface area contributed by atoms with Gasteiger partial charge in [-0.05, 0) is 39.2 Å². The van der Waals surface area contributed by atoms with Crippen molar-refractivity contribution in [3.8, 4) is 6.07 Å². The van der Waals surface area contributed by atoms with Crippen LogP contribution in [0.4, 0.5) is 0 Å². The molecular weight excluding hydrogens is 136 g/mol. The van der Waals surface area contributed by atoms with Crippen LogP contribution in [0.1, 0.15) is 25.7 Å². The molecule has 0 aromatic heterocycles. The van der Waals surface area contributed by atoms with Crippen molar-refractivity contribution in [3.63, 3.8) is 0 Å². The summed E-state index contributed by atoms with van der Waals surface area (Å²) in [5.41, 5.74) is -0.122. The van der Waals surface area contributed by atoms with E-state index in [4.69, 9.17) is 5.26 Å². The van der Waals surface area contributed by atoms with E-state index in [0.717, 1.165) is 12.8 Å². The maximum absolute atomic E-state index is 9.03. The van der Waals surface area contributed by atoms with E-state index < -0.39 is 0 Å². The van der Waals surface area contributed by atoms with E-state index >= 15 is 0 Å². The Labute approximate surface area is 67.8 Å². The van der Waals surface area contributed by atoms with Crippen LogP contribution in [0.2, 0.25) is 0 Å². The summed E-state index contributed by atoms with van der Waals surface area (Å²) in [6.07, 6.45) is 6.71. The molecule has 0 aliphatic carbocycles. The van der Waals surface area contributed by atoms with Gasteiger partial charge in [-0.1, -0.05) is 0 Å². The molecule has 2 rings (SSSR count). The fourth-order valence-electron chi connectivity index (χ4n) is 2.34. The molecule has 2 atom stereocenters. The van der Waals surface area contributed by atoms with E-state index in [1.54, 1.807) is 0 Å². The fourth-order valence-corrected chi connectivity index (χ4v) is 2.34. The average molecular weight is 149 g/mol. The Balaban J connectivity index is 2.28. The predicted octanol–water partition coefficient (Wildman–Crippen LogP) is 1.34. The van der Waals surface area contributed by atoms with Crippen molar-refractivity contribution in [2.75, 3.05) is 7.05 Å². The van der Waals surface area contributed by atoms with Crippen LogP contribution in [0.25, 0.3) is 0 Å². The second-order valence-electron chi connectivity index (χ2n) is 3.68. The molecule has 0 amide bonds. The van der Waals surface area contributed by atoms with Gasteiger partial charge in [0.15, 0.2) is 0 Å². The zero-order valence-electron chi connectivity index (χ0n) is 6.88. The molecule has 0 saturated carbocycles. The zero-order chi connectivity index (χ0) is 7.90. The van der Waals surface area contributed by atoms with Crippen LogP contribution in [0.5, 0.6) is 0 Å². The molecule has 0 aromatic carbocycles. The minimum Gasteiger partial charge on any atom is -0.286 e. The molecule has 1 radical (unpaired) electrons. The Morgan fingerprint density at radius 1 is 1.73 bits per heavy atom. The summed E-state index contributed by atoms with van der Waals surface area (Å²) in [4.78, 5) is 2.27. The van der Waals surface area contributed by atoms with Gasteiger partial charge in [0.25, 0.3) is 0 Å². The van der Waals surface area contributed by atoms with Crippen molar-refractivity contribution < 1.29 is 0 Å². The summed E-state index contributed by atoms with van der Waals surface area (Å²) in [6.45, 7) is 0. The number of nitriles is 1. The molecule has 11 heavy (non-hydrogen) atoms. The molecule has 0 spiro atoms. The number of piperidine rings is 1. The van der Waals surface area contributed by atoms with Crippen LogP contribution in [-0.2, 0) is 0 Å². The van der Waals surface area contributed by atoms with Crippen LogP contribution in [-0.4, -0.2) is 23.5 Å². The normalized spacial score (nSPS) is 43.8. The van der Waals surface area contributed by atoms with Crippen molar-refractivity contribution >= 4 is 0 Å². The predicted molar refractivity (Wildman–Crippen MR) is 42.7 cm³/mol. The summed E-state index contributed by atoms with van der Waals surface area (Å²) in [5, 5.41) is 9.03. The van der Waals surface area contributed by atoms with Crippen molar-refractivity contribution in [1.82, 2.24) is 4.90 Å². The van der Waals surface area contributed by atoms with Crippen molar-refractivity contribution in [1.29, 1.82) is 5.26 Å². The summed E-state index contributed by atoms with van der Waals surface area (Å²) < 4.78 is 0. The first-order valence-electron chi connectivity index (χ1n) is 4.24. The number of hydrogen-bond donors (Lipinski definition) is 0. The third-order valence-corrected chi connectivity index (χ3v) is 3.24. The van der Waals surface area contributed by atoms with E-state index in [1.807, 2.05) is 0 Å². The highest BCUT2D eigenvalue weighted by Crippen LogP contribution is 2.41. The van der Waals surface area contributed by atoms with Gasteiger partial charge in [-0.25, -0.2) is 0 Å². The van der Waals surface area contributed by atoms with E-state index in [2.05, 4.69) is 24.4 Å². The standard InChI is InChI=1S/C9H13N2/c1-11-8-3-2-5-9(11,7-10)6-4-8/h2,8H,3-6H2,1H3. The van der Waals surface area contributed by atoms with Gasteiger partial charge < -0.3 is 0 Å². The average Bonchev–Trinajstić information content (AvgIpc) is 2.25. The largest absolute Gasteiger partial charge is 0.286 e. The summed E-state index contributed by atoms with van der Waals surface area (Å²) in [5.74, 6) is 0. The Morgan fingerprint density at radius 2 is 2.55 bits per heavy atom. The van der Waals surface area contributed by atoms with Gasteiger partial charge >= 0.3 is 0 Å². The second kappa shape index (κ2) is 2.22. The Bertz CT molecular complexity index is 202. The molecule has 2 aliphatic rings. The van der Waals surface area contributed by atoms with Crippen molar-refractivity contribution in [2.45, 2.75) is 37.3 Å². The van der Waals surface area contributed by atoms with Gasteiger partial charge in [0.2, 0.25) is 0 Å².